The number of nitrogens with one attached hydrogen (secondary N) is 2. The Bertz CT molecular complexity index is 1140. The molecule has 28 heavy (non-hydrogen) atoms. The first-order valence-corrected chi connectivity index (χ1v) is 10.1. The van der Waals surface area contributed by atoms with Crippen LogP contribution in [0.4, 0.5) is 11.6 Å². The number of benzene rings is 1. The third kappa shape index (κ3) is 3.41. The molecule has 3 heterocycles. The normalized spacial score (nSPS) is 14.0. The summed E-state index contributed by atoms with van der Waals surface area (Å²) in [7, 11) is -0.663. The standard InChI is InChI=1S/C17H20N6O4S/c1-26-14-6-11-13(7-15(14)27-2)19-9-20-17(11)23-4-3-12-10(8-23)5-16(21-12)22-28(18,24)25/h5-7,9,21-22H,3-4,8H2,1-2H3,(H2,18,24,25). The molecular formula is C17H20N6O4S. The number of methoxy groups -OCH3 is 2. The molecule has 0 amide bonds. The fraction of sp³-hybridized carbons (Fsp3) is 0.294. The van der Waals surface area contributed by atoms with Crippen molar-refractivity contribution in [3.05, 3.63) is 35.8 Å². The number of rotatable bonds is 5. The second kappa shape index (κ2) is 6.84. The predicted molar refractivity (Wildman–Crippen MR) is 105 cm³/mol. The highest BCUT2D eigenvalue weighted by Crippen LogP contribution is 2.36. The Morgan fingerprint density at radius 2 is 1.93 bits per heavy atom. The largest absolute Gasteiger partial charge is 0.493 e. The molecule has 10 nitrogen and oxygen atoms in total. The molecular weight excluding hydrogens is 384 g/mol. The second-order valence-electron chi connectivity index (χ2n) is 6.43. The van der Waals surface area contributed by atoms with Gasteiger partial charge in [-0.15, -0.1) is 0 Å². The van der Waals surface area contributed by atoms with Gasteiger partial charge in [0.15, 0.2) is 11.5 Å². The van der Waals surface area contributed by atoms with Gasteiger partial charge in [0, 0.05) is 36.7 Å². The number of hydrogen-bond donors (Lipinski definition) is 3. The molecule has 0 radical (unpaired) electrons. The van der Waals surface area contributed by atoms with Crippen LogP contribution >= 0.6 is 0 Å². The number of hydrogen-bond acceptors (Lipinski definition) is 7. The van der Waals surface area contributed by atoms with Gasteiger partial charge in [0.2, 0.25) is 0 Å². The highest BCUT2D eigenvalue weighted by atomic mass is 32.2. The molecule has 0 spiro atoms. The summed E-state index contributed by atoms with van der Waals surface area (Å²) < 4.78 is 35.5. The Morgan fingerprint density at radius 1 is 1.18 bits per heavy atom. The minimum absolute atomic E-state index is 0.355. The third-order valence-corrected chi connectivity index (χ3v) is 5.16. The number of fused-ring (bicyclic) bond motifs is 2. The van der Waals surface area contributed by atoms with Gasteiger partial charge in [-0.05, 0) is 17.7 Å². The number of aromatic amines is 1. The first kappa shape index (κ1) is 18.3. The van der Waals surface area contributed by atoms with Gasteiger partial charge in [-0.25, -0.2) is 15.1 Å². The van der Waals surface area contributed by atoms with Crippen molar-refractivity contribution in [1.29, 1.82) is 0 Å². The van der Waals surface area contributed by atoms with E-state index in [1.54, 1.807) is 20.3 Å². The van der Waals surface area contributed by atoms with Crippen molar-refractivity contribution in [2.75, 3.05) is 30.4 Å². The van der Waals surface area contributed by atoms with E-state index in [0.717, 1.165) is 28.0 Å². The Morgan fingerprint density at radius 3 is 2.64 bits per heavy atom. The van der Waals surface area contributed by atoms with Gasteiger partial charge in [0.25, 0.3) is 10.2 Å². The Kier molecular flexibility index (Phi) is 4.47. The highest BCUT2D eigenvalue weighted by Gasteiger charge is 2.23. The van der Waals surface area contributed by atoms with Crippen LogP contribution in [0.2, 0.25) is 0 Å². The summed E-state index contributed by atoms with van der Waals surface area (Å²) >= 11 is 0. The van der Waals surface area contributed by atoms with Crippen LogP contribution in [-0.2, 0) is 23.2 Å². The number of anilines is 2. The Balaban J connectivity index is 1.70. The number of aromatic nitrogens is 3. The number of ether oxygens (including phenoxy) is 2. The molecule has 0 bridgehead atoms. The molecule has 2 aromatic heterocycles. The lowest BCUT2D eigenvalue weighted by atomic mass is 10.1. The monoisotopic (exact) mass is 404 g/mol. The molecule has 4 N–H and O–H groups in total. The topological polar surface area (TPSA) is 135 Å². The molecule has 1 aliphatic heterocycles. The average molecular weight is 404 g/mol. The molecule has 0 aliphatic carbocycles. The second-order valence-corrected chi connectivity index (χ2v) is 7.72. The lowest BCUT2D eigenvalue weighted by Crippen LogP contribution is -2.30. The van der Waals surface area contributed by atoms with Gasteiger partial charge in [-0.3, -0.25) is 4.72 Å². The summed E-state index contributed by atoms with van der Waals surface area (Å²) in [5.41, 5.74) is 2.70. The van der Waals surface area contributed by atoms with E-state index in [-0.39, 0.29) is 0 Å². The van der Waals surface area contributed by atoms with Crippen molar-refractivity contribution in [2.24, 2.45) is 5.14 Å². The van der Waals surface area contributed by atoms with Crippen molar-refractivity contribution in [1.82, 2.24) is 15.0 Å². The van der Waals surface area contributed by atoms with Crippen molar-refractivity contribution < 1.29 is 17.9 Å². The molecule has 0 atom stereocenters. The molecule has 1 aliphatic rings. The highest BCUT2D eigenvalue weighted by molar-refractivity contribution is 7.90. The third-order valence-electron chi connectivity index (χ3n) is 4.66. The zero-order valence-corrected chi connectivity index (χ0v) is 16.2. The van der Waals surface area contributed by atoms with E-state index in [4.69, 9.17) is 14.6 Å². The Labute approximate surface area is 161 Å². The molecule has 0 unspecified atom stereocenters. The first-order chi connectivity index (χ1) is 13.4. The van der Waals surface area contributed by atoms with Gasteiger partial charge < -0.3 is 19.4 Å². The molecule has 0 saturated heterocycles. The van der Waals surface area contributed by atoms with E-state index in [1.165, 1.54) is 6.33 Å². The maximum Gasteiger partial charge on any atom is 0.297 e. The van der Waals surface area contributed by atoms with E-state index in [9.17, 15) is 8.42 Å². The van der Waals surface area contributed by atoms with Crippen LogP contribution in [0.5, 0.6) is 11.5 Å². The van der Waals surface area contributed by atoms with Crippen LogP contribution in [0.3, 0.4) is 0 Å². The van der Waals surface area contributed by atoms with Crippen molar-refractivity contribution in [3.63, 3.8) is 0 Å². The van der Waals surface area contributed by atoms with Gasteiger partial charge >= 0.3 is 0 Å². The van der Waals surface area contributed by atoms with Crippen LogP contribution in [0, 0.1) is 0 Å². The van der Waals surface area contributed by atoms with Crippen LogP contribution in [-0.4, -0.2) is 44.1 Å². The smallest absolute Gasteiger partial charge is 0.297 e. The minimum atomic E-state index is -3.83. The molecule has 148 valence electrons. The van der Waals surface area contributed by atoms with Crippen LogP contribution in [0.25, 0.3) is 10.9 Å². The summed E-state index contributed by atoms with van der Waals surface area (Å²) in [4.78, 5) is 14.0. The van der Waals surface area contributed by atoms with Crippen LogP contribution in [0.1, 0.15) is 11.3 Å². The first-order valence-electron chi connectivity index (χ1n) is 8.51. The van der Waals surface area contributed by atoms with Gasteiger partial charge in [-0.2, -0.15) is 8.42 Å². The molecule has 1 aromatic carbocycles. The lowest BCUT2D eigenvalue weighted by molar-refractivity contribution is 0.356. The molecule has 0 saturated carbocycles. The quantitative estimate of drug-likeness (QED) is 0.580. The molecule has 0 fully saturated rings. The number of nitrogens with two attached hydrogens (primary N) is 1. The van der Waals surface area contributed by atoms with Gasteiger partial charge in [-0.1, -0.05) is 0 Å². The maximum atomic E-state index is 11.3. The summed E-state index contributed by atoms with van der Waals surface area (Å²) in [5.74, 6) is 2.34. The summed E-state index contributed by atoms with van der Waals surface area (Å²) in [5, 5.41) is 5.90. The van der Waals surface area contributed by atoms with E-state index in [2.05, 4.69) is 24.6 Å². The Hall–Kier alpha value is -3.05. The zero-order valence-electron chi connectivity index (χ0n) is 15.4. The van der Waals surface area contributed by atoms with Crippen molar-refractivity contribution in [2.45, 2.75) is 13.0 Å². The van der Waals surface area contributed by atoms with Crippen molar-refractivity contribution >= 4 is 32.7 Å². The lowest BCUT2D eigenvalue weighted by Gasteiger charge is -2.28. The molecule has 11 heteroatoms. The molecule has 4 rings (SSSR count). The maximum absolute atomic E-state index is 11.3. The average Bonchev–Trinajstić information content (AvgIpc) is 3.05. The van der Waals surface area contributed by atoms with Crippen LogP contribution in [0.15, 0.2) is 24.5 Å². The van der Waals surface area contributed by atoms with Gasteiger partial charge in [0.05, 0.1) is 19.7 Å². The summed E-state index contributed by atoms with van der Waals surface area (Å²) in [6.45, 7) is 1.28. The van der Waals surface area contributed by atoms with Crippen molar-refractivity contribution in [3.8, 4) is 11.5 Å². The fourth-order valence-corrected chi connectivity index (χ4v) is 3.86. The summed E-state index contributed by atoms with van der Waals surface area (Å²) in [6, 6.07) is 5.43. The predicted octanol–water partition coefficient (Wildman–Crippen LogP) is 1.15. The molecule has 3 aromatic rings. The SMILES string of the molecule is COc1cc2ncnc(N3CCc4[nH]c(NS(N)(=O)=O)cc4C3)c2cc1OC. The van der Waals surface area contributed by atoms with Gasteiger partial charge in [0.1, 0.15) is 18.0 Å². The van der Waals surface area contributed by atoms with E-state index in [0.29, 0.717) is 36.8 Å². The van der Waals surface area contributed by atoms with E-state index < -0.39 is 10.2 Å². The number of nitrogens with zero attached hydrogens (tertiary/aromatic N) is 3. The van der Waals surface area contributed by atoms with E-state index >= 15 is 0 Å². The zero-order chi connectivity index (χ0) is 19.9. The number of H-pyrrole nitrogens is 1. The van der Waals surface area contributed by atoms with E-state index in [1.807, 2.05) is 12.1 Å². The summed E-state index contributed by atoms with van der Waals surface area (Å²) in [6.07, 6.45) is 2.23. The fourth-order valence-electron chi connectivity index (χ4n) is 3.45. The minimum Gasteiger partial charge on any atom is -0.493 e. The van der Waals surface area contributed by atoms with Crippen LogP contribution < -0.4 is 24.2 Å².